The minimum atomic E-state index is -0.285. The normalized spacial score (nSPS) is 16.1. The van der Waals surface area contributed by atoms with Gasteiger partial charge in [-0.05, 0) is 99.1 Å². The number of hydrogen-bond donors (Lipinski definition) is 1. The van der Waals surface area contributed by atoms with E-state index in [1.807, 2.05) is 19.3 Å². The smallest absolute Gasteiger partial charge is 0.151 e. The molecular weight excluding hydrogens is 351 g/mol. The minimum Gasteiger partial charge on any atom is -0.317 e. The molecule has 1 aliphatic heterocycles. The third-order valence-electron chi connectivity index (χ3n) is 5.72. The Balaban J connectivity index is 1.71. The van der Waals surface area contributed by atoms with Gasteiger partial charge in [-0.2, -0.15) is 5.10 Å². The summed E-state index contributed by atoms with van der Waals surface area (Å²) < 4.78 is 16.1. The molecule has 0 radical (unpaired) electrons. The number of nitrogens with zero attached hydrogens (tertiary/aromatic N) is 3. The number of piperidine rings is 1. The summed E-state index contributed by atoms with van der Waals surface area (Å²) in [5.41, 5.74) is 6.79. The summed E-state index contributed by atoms with van der Waals surface area (Å²) in [6.45, 7) is 8.45. The molecule has 146 valence electrons. The standard InChI is InChI=1S/C23H27FN4/c1-14-9-18(19-11-20-13-28(4)27-23(20)21(24)12-19)10-15(2)22(14)26-16(3)17-5-7-25-8-6-17/h9-13,17,25H,5-8H2,1-4H3. The Morgan fingerprint density at radius 2 is 1.75 bits per heavy atom. The van der Waals surface area contributed by atoms with E-state index in [2.05, 4.69) is 43.3 Å². The number of aryl methyl sites for hydroxylation is 3. The van der Waals surface area contributed by atoms with Crippen molar-refractivity contribution in [1.29, 1.82) is 0 Å². The van der Waals surface area contributed by atoms with E-state index >= 15 is 0 Å². The van der Waals surface area contributed by atoms with E-state index in [0.29, 0.717) is 11.4 Å². The van der Waals surface area contributed by atoms with Crippen LogP contribution in [0.2, 0.25) is 0 Å². The van der Waals surface area contributed by atoms with Gasteiger partial charge >= 0.3 is 0 Å². The second kappa shape index (κ2) is 7.47. The van der Waals surface area contributed by atoms with Crippen LogP contribution < -0.4 is 5.32 Å². The molecule has 1 aromatic heterocycles. The molecule has 28 heavy (non-hydrogen) atoms. The highest BCUT2D eigenvalue weighted by Crippen LogP contribution is 2.33. The van der Waals surface area contributed by atoms with Crippen LogP contribution in [0.25, 0.3) is 22.0 Å². The lowest BCUT2D eigenvalue weighted by atomic mass is 9.93. The van der Waals surface area contributed by atoms with E-state index < -0.39 is 0 Å². The van der Waals surface area contributed by atoms with Crippen LogP contribution in [-0.2, 0) is 7.05 Å². The van der Waals surface area contributed by atoms with Crippen LogP contribution in [0.3, 0.4) is 0 Å². The number of aliphatic imine (C=N–C) groups is 1. The average Bonchev–Trinajstić information content (AvgIpc) is 3.06. The highest BCUT2D eigenvalue weighted by Gasteiger charge is 2.17. The van der Waals surface area contributed by atoms with Crippen LogP contribution >= 0.6 is 0 Å². The number of hydrogen-bond acceptors (Lipinski definition) is 3. The zero-order valence-electron chi connectivity index (χ0n) is 17.0. The first-order valence-electron chi connectivity index (χ1n) is 9.93. The molecule has 1 aliphatic rings. The SMILES string of the molecule is CC(=Nc1c(C)cc(-c2cc(F)c3nn(C)cc3c2)cc1C)C1CCNCC1. The van der Waals surface area contributed by atoms with Gasteiger partial charge in [0.05, 0.1) is 5.69 Å². The molecule has 4 rings (SSSR count). The topological polar surface area (TPSA) is 42.2 Å². The van der Waals surface area contributed by atoms with Gasteiger partial charge < -0.3 is 5.32 Å². The third-order valence-corrected chi connectivity index (χ3v) is 5.72. The lowest BCUT2D eigenvalue weighted by Crippen LogP contribution is -2.30. The van der Waals surface area contributed by atoms with Gasteiger partial charge in [-0.25, -0.2) is 4.39 Å². The first kappa shape index (κ1) is 18.8. The molecule has 5 heteroatoms. The molecular formula is C23H27FN4. The Bertz CT molecular complexity index is 1030. The lowest BCUT2D eigenvalue weighted by molar-refractivity contribution is 0.455. The van der Waals surface area contributed by atoms with Crippen LogP contribution in [0.1, 0.15) is 30.9 Å². The Morgan fingerprint density at radius 1 is 1.11 bits per heavy atom. The fourth-order valence-electron chi connectivity index (χ4n) is 4.19. The lowest BCUT2D eigenvalue weighted by Gasteiger charge is -2.23. The number of fused-ring (bicyclic) bond motifs is 1. The fourth-order valence-corrected chi connectivity index (χ4v) is 4.19. The van der Waals surface area contributed by atoms with Crippen molar-refractivity contribution in [2.45, 2.75) is 33.6 Å². The maximum atomic E-state index is 14.5. The van der Waals surface area contributed by atoms with Crippen molar-refractivity contribution >= 4 is 22.3 Å². The monoisotopic (exact) mass is 378 g/mol. The molecule has 2 aromatic carbocycles. The molecule has 0 saturated carbocycles. The van der Waals surface area contributed by atoms with Crippen LogP contribution in [0.5, 0.6) is 0 Å². The van der Waals surface area contributed by atoms with E-state index in [1.54, 1.807) is 10.7 Å². The second-order valence-corrected chi connectivity index (χ2v) is 7.93. The van der Waals surface area contributed by atoms with Crippen molar-refractivity contribution in [1.82, 2.24) is 15.1 Å². The van der Waals surface area contributed by atoms with Crippen molar-refractivity contribution in [2.75, 3.05) is 13.1 Å². The second-order valence-electron chi connectivity index (χ2n) is 7.93. The summed E-state index contributed by atoms with van der Waals surface area (Å²) in [4.78, 5) is 4.99. The minimum absolute atomic E-state index is 0.285. The van der Waals surface area contributed by atoms with Gasteiger partial charge in [-0.15, -0.1) is 0 Å². The summed E-state index contributed by atoms with van der Waals surface area (Å²) in [5.74, 6) is 0.272. The van der Waals surface area contributed by atoms with Gasteiger partial charge in [-0.1, -0.05) is 0 Å². The Kier molecular flexibility index (Phi) is 5.02. The molecule has 0 aliphatic carbocycles. The molecule has 0 unspecified atom stereocenters. The molecule has 2 heterocycles. The molecule has 0 bridgehead atoms. The van der Waals surface area contributed by atoms with Gasteiger partial charge in [0.25, 0.3) is 0 Å². The van der Waals surface area contributed by atoms with E-state index in [-0.39, 0.29) is 5.82 Å². The first-order chi connectivity index (χ1) is 13.4. The van der Waals surface area contributed by atoms with E-state index in [4.69, 9.17) is 4.99 Å². The number of benzene rings is 2. The molecule has 1 fully saturated rings. The van der Waals surface area contributed by atoms with Crippen molar-refractivity contribution in [3.63, 3.8) is 0 Å². The number of aromatic nitrogens is 2. The maximum absolute atomic E-state index is 14.5. The van der Waals surface area contributed by atoms with Gasteiger partial charge in [-0.3, -0.25) is 9.67 Å². The van der Waals surface area contributed by atoms with Crippen molar-refractivity contribution in [2.24, 2.45) is 18.0 Å². The number of halogens is 1. The Labute approximate surface area is 165 Å². The molecule has 4 nitrogen and oxygen atoms in total. The van der Waals surface area contributed by atoms with Crippen molar-refractivity contribution in [3.05, 3.63) is 47.4 Å². The number of rotatable bonds is 3. The summed E-state index contributed by atoms with van der Waals surface area (Å²) in [5, 5.41) is 8.42. The highest BCUT2D eigenvalue weighted by molar-refractivity contribution is 5.89. The highest BCUT2D eigenvalue weighted by atomic mass is 19.1. The summed E-state index contributed by atoms with van der Waals surface area (Å²) >= 11 is 0. The Hall–Kier alpha value is -2.53. The van der Waals surface area contributed by atoms with Crippen LogP contribution in [-0.4, -0.2) is 28.6 Å². The van der Waals surface area contributed by atoms with Crippen molar-refractivity contribution < 1.29 is 4.39 Å². The third kappa shape index (κ3) is 3.59. The zero-order chi connectivity index (χ0) is 19.8. The van der Waals surface area contributed by atoms with Gasteiger partial charge in [0.15, 0.2) is 5.82 Å². The zero-order valence-corrected chi connectivity index (χ0v) is 17.0. The first-order valence-corrected chi connectivity index (χ1v) is 9.93. The number of nitrogens with one attached hydrogen (secondary N) is 1. The van der Waals surface area contributed by atoms with Crippen LogP contribution in [0, 0.1) is 25.6 Å². The molecule has 1 saturated heterocycles. The van der Waals surface area contributed by atoms with Crippen molar-refractivity contribution in [3.8, 4) is 11.1 Å². The van der Waals surface area contributed by atoms with Gasteiger partial charge in [0, 0.05) is 24.3 Å². The average molecular weight is 378 g/mol. The Morgan fingerprint density at radius 3 is 2.43 bits per heavy atom. The van der Waals surface area contributed by atoms with Gasteiger partial charge in [0.2, 0.25) is 0 Å². The largest absolute Gasteiger partial charge is 0.317 e. The van der Waals surface area contributed by atoms with E-state index in [1.165, 1.54) is 5.71 Å². The van der Waals surface area contributed by atoms with E-state index in [0.717, 1.165) is 59.3 Å². The summed E-state index contributed by atoms with van der Waals surface area (Å²) in [6, 6.07) is 7.80. The van der Waals surface area contributed by atoms with Crippen LogP contribution in [0.15, 0.2) is 35.5 Å². The van der Waals surface area contributed by atoms with E-state index in [9.17, 15) is 4.39 Å². The molecule has 3 aromatic rings. The van der Waals surface area contributed by atoms with Gasteiger partial charge in [0.1, 0.15) is 5.52 Å². The molecule has 0 spiro atoms. The molecule has 0 atom stereocenters. The predicted octanol–water partition coefficient (Wildman–Crippen LogP) is 5.09. The molecule has 1 N–H and O–H groups in total. The molecule has 0 amide bonds. The maximum Gasteiger partial charge on any atom is 0.151 e. The quantitative estimate of drug-likeness (QED) is 0.645. The predicted molar refractivity (Wildman–Crippen MR) is 114 cm³/mol. The summed E-state index contributed by atoms with van der Waals surface area (Å²) in [6.07, 6.45) is 4.15. The van der Waals surface area contributed by atoms with Crippen LogP contribution in [0.4, 0.5) is 10.1 Å². The summed E-state index contributed by atoms with van der Waals surface area (Å²) in [7, 11) is 1.81. The fraction of sp³-hybridized carbons (Fsp3) is 0.391.